The minimum Gasteiger partial charge on any atom is -0.377 e. The van der Waals surface area contributed by atoms with Crippen LogP contribution in [0.25, 0.3) is 0 Å². The average Bonchev–Trinajstić information content (AvgIpc) is 2.48. The van der Waals surface area contributed by atoms with Crippen LogP contribution in [0.1, 0.15) is 24.8 Å². The van der Waals surface area contributed by atoms with Crippen LogP contribution in [-0.4, -0.2) is 44.0 Å². The minimum absolute atomic E-state index is 0.113. The highest BCUT2D eigenvalue weighted by Gasteiger charge is 2.25. The van der Waals surface area contributed by atoms with Crippen molar-refractivity contribution in [2.24, 2.45) is 11.7 Å². The fraction of sp³-hybridized carbons (Fsp3) is 0.529. The third-order valence-corrected chi connectivity index (χ3v) is 4.32. The number of likely N-dealkylation sites (tertiary alicyclic amines) is 1. The van der Waals surface area contributed by atoms with E-state index in [-0.39, 0.29) is 17.9 Å². The normalized spacial score (nSPS) is 17.7. The summed E-state index contributed by atoms with van der Waals surface area (Å²) in [7, 11) is 3.96. The molecule has 1 aliphatic heterocycles. The van der Waals surface area contributed by atoms with Crippen molar-refractivity contribution in [2.75, 3.05) is 37.4 Å². The van der Waals surface area contributed by atoms with Crippen molar-refractivity contribution in [2.45, 2.75) is 26.2 Å². The van der Waals surface area contributed by atoms with E-state index in [0.717, 1.165) is 29.8 Å². The van der Waals surface area contributed by atoms with Gasteiger partial charge in [0, 0.05) is 45.0 Å². The lowest BCUT2D eigenvalue weighted by atomic mass is 9.95. The van der Waals surface area contributed by atoms with Gasteiger partial charge in [0.25, 0.3) is 0 Å². The molecular formula is C17H26N4O2. The number of rotatable bonds is 4. The van der Waals surface area contributed by atoms with Crippen LogP contribution in [0.4, 0.5) is 16.2 Å². The van der Waals surface area contributed by atoms with Gasteiger partial charge < -0.3 is 20.9 Å². The molecule has 1 atom stereocenters. The minimum atomic E-state index is -0.299. The number of nitrogens with one attached hydrogen (secondary N) is 1. The van der Waals surface area contributed by atoms with Crippen molar-refractivity contribution >= 4 is 23.3 Å². The molecule has 1 saturated heterocycles. The number of benzene rings is 1. The zero-order chi connectivity index (χ0) is 17.0. The highest BCUT2D eigenvalue weighted by Crippen LogP contribution is 2.26. The summed E-state index contributed by atoms with van der Waals surface area (Å²) >= 11 is 0. The van der Waals surface area contributed by atoms with Crippen LogP contribution in [-0.2, 0) is 4.79 Å². The van der Waals surface area contributed by atoms with Gasteiger partial charge in [0.05, 0.1) is 0 Å². The number of anilines is 2. The second-order valence-corrected chi connectivity index (χ2v) is 6.40. The number of primary amides is 1. The number of amides is 3. The van der Waals surface area contributed by atoms with E-state index in [0.29, 0.717) is 19.5 Å². The van der Waals surface area contributed by atoms with Crippen molar-refractivity contribution in [3.8, 4) is 0 Å². The van der Waals surface area contributed by atoms with Crippen molar-refractivity contribution in [1.29, 1.82) is 0 Å². The fourth-order valence-corrected chi connectivity index (χ4v) is 3.14. The number of nitrogens with two attached hydrogens (primary N) is 1. The number of piperidine rings is 1. The molecule has 0 aliphatic carbocycles. The van der Waals surface area contributed by atoms with E-state index < -0.39 is 0 Å². The molecule has 1 heterocycles. The van der Waals surface area contributed by atoms with Crippen molar-refractivity contribution in [3.05, 3.63) is 23.8 Å². The lowest BCUT2D eigenvalue weighted by molar-refractivity contribution is -0.119. The molecule has 23 heavy (non-hydrogen) atoms. The van der Waals surface area contributed by atoms with Gasteiger partial charge >= 0.3 is 6.03 Å². The largest absolute Gasteiger partial charge is 0.377 e. The smallest absolute Gasteiger partial charge is 0.321 e. The lowest BCUT2D eigenvalue weighted by Gasteiger charge is -2.32. The number of hydrogen-bond donors (Lipinski definition) is 2. The Morgan fingerprint density at radius 2 is 2.13 bits per heavy atom. The fourth-order valence-electron chi connectivity index (χ4n) is 3.14. The molecule has 0 unspecified atom stereocenters. The third kappa shape index (κ3) is 4.37. The third-order valence-electron chi connectivity index (χ3n) is 4.32. The lowest BCUT2D eigenvalue weighted by Crippen LogP contribution is -2.43. The van der Waals surface area contributed by atoms with Crippen LogP contribution in [0.15, 0.2) is 18.2 Å². The Morgan fingerprint density at radius 1 is 1.39 bits per heavy atom. The molecule has 0 spiro atoms. The molecule has 3 N–H and O–H groups in total. The Labute approximate surface area is 137 Å². The topological polar surface area (TPSA) is 78.7 Å². The predicted octanol–water partition coefficient (Wildman–Crippen LogP) is 2.18. The first-order valence-corrected chi connectivity index (χ1v) is 7.99. The molecule has 0 saturated carbocycles. The highest BCUT2D eigenvalue weighted by molar-refractivity contribution is 5.91. The van der Waals surface area contributed by atoms with Crippen LogP contribution in [0.2, 0.25) is 0 Å². The summed E-state index contributed by atoms with van der Waals surface area (Å²) in [5, 5.41) is 2.99. The molecular weight excluding hydrogens is 292 g/mol. The maximum atomic E-state index is 12.5. The first kappa shape index (κ1) is 17.1. The van der Waals surface area contributed by atoms with Gasteiger partial charge in [0.15, 0.2) is 0 Å². The van der Waals surface area contributed by atoms with Crippen molar-refractivity contribution in [3.63, 3.8) is 0 Å². The molecule has 1 aromatic carbocycles. The maximum absolute atomic E-state index is 12.5. The Morgan fingerprint density at radius 3 is 2.78 bits per heavy atom. The molecule has 2 rings (SSSR count). The molecule has 0 radical (unpaired) electrons. The summed E-state index contributed by atoms with van der Waals surface area (Å²) in [5.74, 6) is -0.131. The van der Waals surface area contributed by atoms with Gasteiger partial charge in [-0.05, 0) is 43.4 Å². The second-order valence-electron chi connectivity index (χ2n) is 6.40. The van der Waals surface area contributed by atoms with Crippen LogP contribution in [0.3, 0.4) is 0 Å². The number of nitrogens with zero attached hydrogens (tertiary/aromatic N) is 2. The van der Waals surface area contributed by atoms with Gasteiger partial charge in [-0.2, -0.15) is 0 Å². The van der Waals surface area contributed by atoms with Crippen LogP contribution >= 0.6 is 0 Å². The molecule has 126 valence electrons. The Bertz CT molecular complexity index is 586. The molecule has 0 aromatic heterocycles. The molecule has 6 heteroatoms. The SMILES string of the molecule is Cc1c(NC(=O)N2CCC[C@@H](CC(N)=O)C2)cccc1N(C)C. The Kier molecular flexibility index (Phi) is 5.47. The van der Waals surface area contributed by atoms with Crippen LogP contribution in [0.5, 0.6) is 0 Å². The van der Waals surface area contributed by atoms with E-state index >= 15 is 0 Å². The molecule has 1 fully saturated rings. The van der Waals surface area contributed by atoms with Gasteiger partial charge in [0.1, 0.15) is 0 Å². The van der Waals surface area contributed by atoms with E-state index in [4.69, 9.17) is 5.73 Å². The second kappa shape index (κ2) is 7.35. The first-order valence-electron chi connectivity index (χ1n) is 7.99. The summed E-state index contributed by atoms with van der Waals surface area (Å²) in [6, 6.07) is 5.75. The van der Waals surface area contributed by atoms with Crippen LogP contribution < -0.4 is 16.0 Å². The van der Waals surface area contributed by atoms with Crippen molar-refractivity contribution < 1.29 is 9.59 Å². The quantitative estimate of drug-likeness (QED) is 0.893. The summed E-state index contributed by atoms with van der Waals surface area (Å²) in [6.07, 6.45) is 2.20. The molecule has 1 aliphatic rings. The highest BCUT2D eigenvalue weighted by atomic mass is 16.2. The van der Waals surface area contributed by atoms with Gasteiger partial charge in [-0.1, -0.05) is 6.07 Å². The zero-order valence-electron chi connectivity index (χ0n) is 14.1. The summed E-state index contributed by atoms with van der Waals surface area (Å²) in [4.78, 5) is 27.4. The maximum Gasteiger partial charge on any atom is 0.321 e. The van der Waals surface area contributed by atoms with Gasteiger partial charge in [0.2, 0.25) is 5.91 Å². The van der Waals surface area contributed by atoms with E-state index in [1.807, 2.05) is 44.1 Å². The number of carbonyl (C=O) groups excluding carboxylic acids is 2. The van der Waals surface area contributed by atoms with Crippen molar-refractivity contribution in [1.82, 2.24) is 4.90 Å². The van der Waals surface area contributed by atoms with E-state index in [2.05, 4.69) is 5.32 Å². The van der Waals surface area contributed by atoms with Gasteiger partial charge in [-0.25, -0.2) is 4.79 Å². The van der Waals surface area contributed by atoms with Gasteiger partial charge in [-0.15, -0.1) is 0 Å². The summed E-state index contributed by atoms with van der Waals surface area (Å²) in [6.45, 7) is 3.30. The summed E-state index contributed by atoms with van der Waals surface area (Å²) < 4.78 is 0. The number of carbonyl (C=O) groups is 2. The first-order chi connectivity index (χ1) is 10.9. The average molecular weight is 318 g/mol. The predicted molar refractivity (Wildman–Crippen MR) is 92.6 cm³/mol. The summed E-state index contributed by atoms with van der Waals surface area (Å²) in [5.41, 5.74) is 8.20. The molecule has 1 aromatic rings. The number of hydrogen-bond acceptors (Lipinski definition) is 3. The van der Waals surface area contributed by atoms with E-state index in [9.17, 15) is 9.59 Å². The monoisotopic (exact) mass is 318 g/mol. The Hall–Kier alpha value is -2.24. The van der Waals surface area contributed by atoms with Gasteiger partial charge in [-0.3, -0.25) is 4.79 Å². The van der Waals surface area contributed by atoms with E-state index in [1.54, 1.807) is 4.90 Å². The van der Waals surface area contributed by atoms with E-state index in [1.165, 1.54) is 0 Å². The molecule has 3 amide bonds. The zero-order valence-corrected chi connectivity index (χ0v) is 14.1. The molecule has 6 nitrogen and oxygen atoms in total. The Balaban J connectivity index is 2.04. The number of urea groups is 1. The molecule has 0 bridgehead atoms. The van der Waals surface area contributed by atoms with Crippen LogP contribution in [0, 0.1) is 12.8 Å². The standard InChI is InChI=1S/C17H26N4O2/c1-12-14(7-4-8-15(12)20(2)3)19-17(23)21-9-5-6-13(11-21)10-16(18)22/h4,7-8,13H,5-6,9-11H2,1-3H3,(H2,18,22)(H,19,23)/t13-/m0/s1.